The quantitative estimate of drug-likeness (QED) is 0.817. The lowest BCUT2D eigenvalue weighted by atomic mass is 10.2. The molecule has 1 heterocycles. The number of aliphatic hydroxyl groups is 1. The minimum absolute atomic E-state index is 0.181. The molecule has 1 atom stereocenters. The van der Waals surface area contributed by atoms with Crippen molar-refractivity contribution in [3.63, 3.8) is 0 Å². The first kappa shape index (κ1) is 9.77. The van der Waals surface area contributed by atoms with Gasteiger partial charge in [-0.25, -0.2) is 0 Å². The second-order valence-electron chi connectivity index (χ2n) is 2.71. The number of aliphatic hydroxyl groups excluding tert-OH is 1. The molecular weight excluding hydrogens is 222 g/mol. The molecule has 0 aliphatic heterocycles. The van der Waals surface area contributed by atoms with Crippen molar-refractivity contribution in [2.45, 2.75) is 20.0 Å². The second-order valence-corrected chi connectivity index (χ2v) is 3.51. The Kier molecular flexibility index (Phi) is 2.93. The fraction of sp³-hybridized carbons (Fsp3) is 0.500. The topological polar surface area (TPSA) is 59.4 Å². The molecule has 0 spiro atoms. The summed E-state index contributed by atoms with van der Waals surface area (Å²) in [6.07, 6.45) is -0.699. The zero-order chi connectivity index (χ0) is 9.30. The fourth-order valence-electron chi connectivity index (χ4n) is 1.08. The van der Waals surface area contributed by atoms with Crippen molar-refractivity contribution < 1.29 is 9.52 Å². The molecule has 4 heteroatoms. The van der Waals surface area contributed by atoms with E-state index in [1.165, 1.54) is 0 Å². The van der Waals surface area contributed by atoms with Crippen LogP contribution in [0.4, 0.5) is 0 Å². The van der Waals surface area contributed by atoms with Crippen LogP contribution in [0.3, 0.4) is 0 Å². The lowest BCUT2D eigenvalue weighted by Crippen LogP contribution is -2.11. The number of aryl methyl sites for hydroxylation is 1. The number of furan rings is 1. The van der Waals surface area contributed by atoms with Crippen LogP contribution in [0, 0.1) is 13.8 Å². The zero-order valence-corrected chi connectivity index (χ0v) is 8.68. The summed E-state index contributed by atoms with van der Waals surface area (Å²) < 4.78 is 6.23. The lowest BCUT2D eigenvalue weighted by Gasteiger charge is -2.04. The highest BCUT2D eigenvalue weighted by atomic mass is 79.9. The van der Waals surface area contributed by atoms with Crippen molar-refractivity contribution in [1.82, 2.24) is 0 Å². The van der Waals surface area contributed by atoms with E-state index in [2.05, 4.69) is 15.9 Å². The van der Waals surface area contributed by atoms with Gasteiger partial charge in [0.25, 0.3) is 0 Å². The van der Waals surface area contributed by atoms with E-state index in [0.29, 0.717) is 5.76 Å². The standard InChI is InChI=1S/C8H12BrNO2/c1-4-7(9)5(2)12-8(4)6(11)3-10/h6,11H,3,10H2,1-2H3. The Balaban J connectivity index is 3.08. The third-order valence-electron chi connectivity index (χ3n) is 1.80. The van der Waals surface area contributed by atoms with E-state index in [0.717, 1.165) is 15.8 Å². The molecule has 1 aromatic rings. The van der Waals surface area contributed by atoms with Crippen LogP contribution in [0.25, 0.3) is 0 Å². The van der Waals surface area contributed by atoms with E-state index < -0.39 is 6.10 Å². The summed E-state index contributed by atoms with van der Waals surface area (Å²) in [5, 5.41) is 9.41. The van der Waals surface area contributed by atoms with Gasteiger partial charge in [0.2, 0.25) is 0 Å². The summed E-state index contributed by atoms with van der Waals surface area (Å²) in [5.41, 5.74) is 6.23. The predicted octanol–water partition coefficient (Wildman–Crippen LogP) is 1.65. The molecule has 68 valence electrons. The highest BCUT2D eigenvalue weighted by Crippen LogP contribution is 2.30. The summed E-state index contributed by atoms with van der Waals surface area (Å²) >= 11 is 3.35. The number of hydrogen-bond acceptors (Lipinski definition) is 3. The molecule has 1 unspecified atom stereocenters. The summed E-state index contributed by atoms with van der Waals surface area (Å²) in [7, 11) is 0. The molecule has 0 fully saturated rings. The minimum Gasteiger partial charge on any atom is -0.462 e. The van der Waals surface area contributed by atoms with Crippen molar-refractivity contribution in [2.24, 2.45) is 5.73 Å². The van der Waals surface area contributed by atoms with Crippen LogP contribution in [-0.4, -0.2) is 11.7 Å². The summed E-state index contributed by atoms with van der Waals surface area (Å²) in [6, 6.07) is 0. The number of nitrogens with two attached hydrogens (primary N) is 1. The van der Waals surface area contributed by atoms with E-state index in [-0.39, 0.29) is 6.54 Å². The molecule has 1 rings (SSSR count). The molecule has 3 N–H and O–H groups in total. The average Bonchev–Trinajstić information content (AvgIpc) is 2.32. The van der Waals surface area contributed by atoms with Crippen LogP contribution < -0.4 is 5.73 Å². The van der Waals surface area contributed by atoms with Gasteiger partial charge in [-0.15, -0.1) is 0 Å². The monoisotopic (exact) mass is 233 g/mol. The van der Waals surface area contributed by atoms with Gasteiger partial charge in [0.05, 0.1) is 4.47 Å². The molecule has 0 aliphatic carbocycles. The third kappa shape index (κ3) is 1.55. The van der Waals surface area contributed by atoms with Crippen molar-refractivity contribution in [3.05, 3.63) is 21.6 Å². The molecule has 0 aliphatic rings. The van der Waals surface area contributed by atoms with E-state index >= 15 is 0 Å². The largest absolute Gasteiger partial charge is 0.462 e. The Morgan fingerprint density at radius 2 is 2.17 bits per heavy atom. The zero-order valence-electron chi connectivity index (χ0n) is 7.10. The van der Waals surface area contributed by atoms with Gasteiger partial charge in [-0.2, -0.15) is 0 Å². The highest BCUT2D eigenvalue weighted by Gasteiger charge is 2.17. The van der Waals surface area contributed by atoms with Crippen molar-refractivity contribution >= 4 is 15.9 Å². The Morgan fingerprint density at radius 3 is 2.50 bits per heavy atom. The molecule has 0 radical (unpaired) electrons. The number of halogens is 1. The summed E-state index contributed by atoms with van der Waals surface area (Å²) in [6.45, 7) is 3.90. The molecule has 0 bridgehead atoms. The normalized spacial score (nSPS) is 13.4. The Bertz CT molecular complexity index is 283. The Labute approximate surface area is 79.7 Å². The van der Waals surface area contributed by atoms with Crippen LogP contribution in [0.15, 0.2) is 8.89 Å². The number of hydrogen-bond donors (Lipinski definition) is 2. The van der Waals surface area contributed by atoms with Crippen LogP contribution in [0.5, 0.6) is 0 Å². The Hall–Kier alpha value is -0.320. The smallest absolute Gasteiger partial charge is 0.138 e. The van der Waals surface area contributed by atoms with Crippen LogP contribution >= 0.6 is 15.9 Å². The molecule has 12 heavy (non-hydrogen) atoms. The first-order valence-corrected chi connectivity index (χ1v) is 4.50. The first-order valence-electron chi connectivity index (χ1n) is 3.71. The maximum absolute atomic E-state index is 9.41. The van der Waals surface area contributed by atoms with Crippen molar-refractivity contribution in [3.8, 4) is 0 Å². The minimum atomic E-state index is -0.699. The summed E-state index contributed by atoms with van der Waals surface area (Å²) in [4.78, 5) is 0. The second kappa shape index (κ2) is 3.60. The van der Waals surface area contributed by atoms with Gasteiger partial charge >= 0.3 is 0 Å². The van der Waals surface area contributed by atoms with Gasteiger partial charge < -0.3 is 15.3 Å². The molecule has 0 saturated carbocycles. The van der Waals surface area contributed by atoms with Gasteiger partial charge in [0.1, 0.15) is 17.6 Å². The van der Waals surface area contributed by atoms with E-state index in [1.807, 2.05) is 13.8 Å². The average molecular weight is 234 g/mol. The molecule has 1 aromatic heterocycles. The molecule has 0 aromatic carbocycles. The Morgan fingerprint density at radius 1 is 1.58 bits per heavy atom. The fourth-order valence-corrected chi connectivity index (χ4v) is 1.36. The lowest BCUT2D eigenvalue weighted by molar-refractivity contribution is 0.155. The SMILES string of the molecule is Cc1oc(C(O)CN)c(C)c1Br. The number of rotatable bonds is 2. The van der Waals surface area contributed by atoms with Crippen LogP contribution in [0.2, 0.25) is 0 Å². The van der Waals surface area contributed by atoms with Gasteiger partial charge in [0, 0.05) is 12.1 Å². The van der Waals surface area contributed by atoms with Crippen LogP contribution in [-0.2, 0) is 0 Å². The van der Waals surface area contributed by atoms with E-state index in [9.17, 15) is 5.11 Å². The molecule has 3 nitrogen and oxygen atoms in total. The maximum Gasteiger partial charge on any atom is 0.138 e. The molecular formula is C8H12BrNO2. The highest BCUT2D eigenvalue weighted by molar-refractivity contribution is 9.10. The van der Waals surface area contributed by atoms with Gasteiger partial charge in [-0.3, -0.25) is 0 Å². The maximum atomic E-state index is 9.41. The third-order valence-corrected chi connectivity index (χ3v) is 2.95. The van der Waals surface area contributed by atoms with Crippen molar-refractivity contribution in [1.29, 1.82) is 0 Å². The molecule has 0 amide bonds. The van der Waals surface area contributed by atoms with Gasteiger partial charge in [0.15, 0.2) is 0 Å². The first-order chi connectivity index (χ1) is 5.57. The predicted molar refractivity (Wildman–Crippen MR) is 49.9 cm³/mol. The van der Waals surface area contributed by atoms with Crippen molar-refractivity contribution in [2.75, 3.05) is 6.54 Å². The van der Waals surface area contributed by atoms with Crippen LogP contribution in [0.1, 0.15) is 23.2 Å². The van der Waals surface area contributed by atoms with E-state index in [4.69, 9.17) is 10.2 Å². The van der Waals surface area contributed by atoms with Gasteiger partial charge in [-0.1, -0.05) is 0 Å². The summed E-state index contributed by atoms with van der Waals surface area (Å²) in [5.74, 6) is 1.33. The van der Waals surface area contributed by atoms with Gasteiger partial charge in [-0.05, 0) is 29.8 Å². The molecule has 0 saturated heterocycles. The van der Waals surface area contributed by atoms with E-state index in [1.54, 1.807) is 0 Å².